The fraction of sp³-hybridized carbons (Fsp3) is 0.697. The number of hydrogen-bond acceptors (Lipinski definition) is 4. The Hall–Kier alpha value is -2.92. The van der Waals surface area contributed by atoms with Crippen molar-refractivity contribution in [1.29, 1.82) is 0 Å². The van der Waals surface area contributed by atoms with Crippen LogP contribution in [0.5, 0.6) is 0 Å². The van der Waals surface area contributed by atoms with Crippen molar-refractivity contribution < 1.29 is 31.1 Å². The maximum absolute atomic E-state index is 12.9. The van der Waals surface area contributed by atoms with Crippen LogP contribution >= 0.6 is 0 Å². The molecular formula is C33H52F6N4O2. The molecule has 0 spiro atoms. The van der Waals surface area contributed by atoms with Crippen LogP contribution in [-0.2, 0) is 22.8 Å². The first-order chi connectivity index (χ1) is 21.0. The Morgan fingerprint density at radius 1 is 0.956 bits per heavy atom. The van der Waals surface area contributed by atoms with E-state index in [1.807, 2.05) is 50.7 Å². The van der Waals surface area contributed by atoms with Gasteiger partial charge in [-0.05, 0) is 57.4 Å². The number of fused-ring (bicyclic) bond motifs is 1. The van der Waals surface area contributed by atoms with E-state index in [2.05, 4.69) is 23.9 Å². The van der Waals surface area contributed by atoms with Gasteiger partial charge in [0.1, 0.15) is 5.56 Å². The molecule has 1 unspecified atom stereocenters. The second kappa shape index (κ2) is 20.3. The van der Waals surface area contributed by atoms with Gasteiger partial charge >= 0.3 is 12.4 Å². The van der Waals surface area contributed by atoms with Crippen LogP contribution in [0.2, 0.25) is 0 Å². The highest BCUT2D eigenvalue weighted by Gasteiger charge is 2.44. The number of halogens is 6. The number of carbonyl (C=O) groups excluding carboxylic acids is 1. The van der Waals surface area contributed by atoms with E-state index in [-0.39, 0.29) is 17.4 Å². The van der Waals surface area contributed by atoms with Gasteiger partial charge in [-0.1, -0.05) is 73.5 Å². The summed E-state index contributed by atoms with van der Waals surface area (Å²) >= 11 is 0. The van der Waals surface area contributed by atoms with Gasteiger partial charge in [0.15, 0.2) is 0 Å². The standard InChI is InChI=1S/C12H15F3N2O.C10H21NO.C9H10F3N.C2H6/c1-3-5-11(2)6-4-7-8(12(13,14)15)10(18)17-16-9(7)11;1-4-7-9-11(8-5-2)10(12)6-3;1-7-4-2-3-5-8(6-13-7)9(10,11)12;1-2/h3-6H2,1-2H3,(H,17,18);4-9H2,1-3H3;4-6H,2-3H2,1H3;1-2H3/b;;7-4-,8-5+,13-6+;. The first-order valence-electron chi connectivity index (χ1n) is 16.0. The van der Waals surface area contributed by atoms with Gasteiger partial charge in [-0.2, -0.15) is 31.4 Å². The van der Waals surface area contributed by atoms with Crippen molar-refractivity contribution in [3.63, 3.8) is 0 Å². The number of aliphatic imine (C=N–C) groups is 1. The maximum Gasteiger partial charge on any atom is 0.422 e. The zero-order chi connectivity index (χ0) is 34.8. The largest absolute Gasteiger partial charge is 0.422 e. The van der Waals surface area contributed by atoms with Gasteiger partial charge < -0.3 is 4.90 Å². The summed E-state index contributed by atoms with van der Waals surface area (Å²) in [4.78, 5) is 28.3. The topological polar surface area (TPSA) is 78.4 Å². The van der Waals surface area contributed by atoms with E-state index in [0.717, 1.165) is 51.4 Å². The Labute approximate surface area is 264 Å². The second-order valence-corrected chi connectivity index (χ2v) is 11.0. The Morgan fingerprint density at radius 3 is 2.09 bits per heavy atom. The molecule has 1 N–H and O–H groups in total. The van der Waals surface area contributed by atoms with Crippen LogP contribution in [-0.4, -0.2) is 46.5 Å². The normalized spacial score (nSPS) is 20.5. The minimum Gasteiger partial charge on any atom is -0.343 e. The highest BCUT2D eigenvalue weighted by Crippen LogP contribution is 2.44. The Balaban J connectivity index is 0.000000645. The van der Waals surface area contributed by atoms with Crippen molar-refractivity contribution in [3.8, 4) is 0 Å². The number of hydrogen-bond donors (Lipinski definition) is 1. The number of allylic oxidation sites excluding steroid dienone is 4. The molecule has 2 heterocycles. The third-order valence-corrected chi connectivity index (χ3v) is 7.30. The van der Waals surface area contributed by atoms with Crippen molar-refractivity contribution in [2.24, 2.45) is 4.99 Å². The minimum absolute atomic E-state index is 0.0854. The van der Waals surface area contributed by atoms with Crippen LogP contribution in [0.1, 0.15) is 130 Å². The molecule has 12 heteroatoms. The number of H-pyrrole nitrogens is 1. The maximum atomic E-state index is 12.9. The second-order valence-electron chi connectivity index (χ2n) is 11.0. The van der Waals surface area contributed by atoms with Gasteiger partial charge in [-0.15, -0.1) is 0 Å². The van der Waals surface area contributed by atoms with Crippen molar-refractivity contribution in [3.05, 3.63) is 50.6 Å². The summed E-state index contributed by atoms with van der Waals surface area (Å²) in [7, 11) is 0. The number of unbranched alkanes of at least 4 members (excludes halogenated alkanes) is 1. The van der Waals surface area contributed by atoms with Gasteiger partial charge in [0, 0.05) is 36.8 Å². The smallest absolute Gasteiger partial charge is 0.343 e. The first-order valence-corrected chi connectivity index (χ1v) is 16.0. The molecule has 1 aliphatic carbocycles. The number of rotatable bonds is 8. The average molecular weight is 651 g/mol. The van der Waals surface area contributed by atoms with Crippen LogP contribution in [0.15, 0.2) is 33.2 Å². The Morgan fingerprint density at radius 2 is 1.58 bits per heavy atom. The zero-order valence-electron chi connectivity index (χ0n) is 28.1. The molecule has 0 aromatic carbocycles. The summed E-state index contributed by atoms with van der Waals surface area (Å²) in [6, 6.07) is 0. The molecule has 258 valence electrons. The van der Waals surface area contributed by atoms with Crippen LogP contribution in [0, 0.1) is 0 Å². The SMILES string of the molecule is CC.CC1=C\CC\C=C(C(F)(F)F)/C=N/1.CCCC1(C)CCc2c1n[nH]c(=O)c2C(F)(F)F.CCCCN(CCC)C(=O)CC. The summed E-state index contributed by atoms with van der Waals surface area (Å²) in [6.45, 7) is 17.6. The number of aromatic amines is 1. The average Bonchev–Trinajstić information content (AvgIpc) is 3.28. The van der Waals surface area contributed by atoms with Crippen molar-refractivity contribution in [2.45, 2.75) is 137 Å². The molecule has 1 aliphatic heterocycles. The van der Waals surface area contributed by atoms with Gasteiger partial charge in [0.2, 0.25) is 5.91 Å². The molecule has 0 bridgehead atoms. The van der Waals surface area contributed by atoms with Gasteiger partial charge in [0.05, 0.1) is 11.3 Å². The van der Waals surface area contributed by atoms with Gasteiger partial charge in [0.25, 0.3) is 5.56 Å². The predicted molar refractivity (Wildman–Crippen MR) is 169 cm³/mol. The summed E-state index contributed by atoms with van der Waals surface area (Å²) in [5, 5.41) is 5.86. The molecule has 0 saturated carbocycles. The van der Waals surface area contributed by atoms with Crippen LogP contribution < -0.4 is 5.56 Å². The number of carbonyl (C=O) groups is 1. The van der Waals surface area contributed by atoms with E-state index in [1.54, 1.807) is 6.92 Å². The molecule has 0 saturated heterocycles. The molecule has 6 nitrogen and oxygen atoms in total. The summed E-state index contributed by atoms with van der Waals surface area (Å²) in [5.41, 5.74) is -2.07. The highest BCUT2D eigenvalue weighted by atomic mass is 19.4. The Kier molecular flexibility index (Phi) is 18.9. The van der Waals surface area contributed by atoms with Crippen LogP contribution in [0.25, 0.3) is 0 Å². The van der Waals surface area contributed by atoms with E-state index >= 15 is 0 Å². The number of nitrogens with one attached hydrogen (secondary N) is 1. The quantitative estimate of drug-likeness (QED) is 0.285. The third kappa shape index (κ3) is 13.9. The predicted octanol–water partition coefficient (Wildman–Crippen LogP) is 9.50. The van der Waals surface area contributed by atoms with Crippen molar-refractivity contribution >= 4 is 12.1 Å². The Bertz CT molecular complexity index is 1190. The summed E-state index contributed by atoms with van der Waals surface area (Å²) in [5.74, 6) is 0.297. The molecule has 2 aliphatic rings. The summed E-state index contributed by atoms with van der Waals surface area (Å²) in [6.07, 6.45) is 2.55. The van der Waals surface area contributed by atoms with Gasteiger partial charge in [-0.25, -0.2) is 5.10 Å². The lowest BCUT2D eigenvalue weighted by Crippen LogP contribution is -2.31. The van der Waals surface area contributed by atoms with Crippen LogP contribution in [0.4, 0.5) is 26.3 Å². The number of nitrogens with zero attached hydrogens (tertiary/aromatic N) is 3. The number of amides is 1. The molecule has 0 radical (unpaired) electrons. The summed E-state index contributed by atoms with van der Waals surface area (Å²) < 4.78 is 75.3. The molecule has 1 aromatic heterocycles. The molecule has 1 amide bonds. The van der Waals surface area contributed by atoms with E-state index in [4.69, 9.17) is 0 Å². The van der Waals surface area contributed by atoms with E-state index in [9.17, 15) is 35.9 Å². The van der Waals surface area contributed by atoms with E-state index in [0.29, 0.717) is 43.0 Å². The zero-order valence-corrected chi connectivity index (χ0v) is 28.1. The first kappa shape index (κ1) is 42.1. The van der Waals surface area contributed by atoms with E-state index in [1.165, 1.54) is 6.08 Å². The molecular weight excluding hydrogens is 598 g/mol. The third-order valence-electron chi connectivity index (χ3n) is 7.30. The molecule has 3 rings (SSSR count). The fourth-order valence-electron chi connectivity index (χ4n) is 5.04. The van der Waals surface area contributed by atoms with Crippen molar-refractivity contribution in [1.82, 2.24) is 15.1 Å². The van der Waals surface area contributed by atoms with E-state index < -0.39 is 29.0 Å². The minimum atomic E-state index is -4.61. The fourth-order valence-corrected chi connectivity index (χ4v) is 5.04. The lowest BCUT2D eigenvalue weighted by atomic mass is 9.83. The molecule has 0 fully saturated rings. The highest BCUT2D eigenvalue weighted by molar-refractivity contribution is 5.81. The number of alkyl halides is 6. The molecule has 1 atom stereocenters. The van der Waals surface area contributed by atoms with Gasteiger partial charge in [-0.3, -0.25) is 14.6 Å². The lowest BCUT2D eigenvalue weighted by molar-refractivity contribution is -0.139. The lowest BCUT2D eigenvalue weighted by Gasteiger charge is -2.23. The molecule has 45 heavy (non-hydrogen) atoms. The molecule has 1 aromatic rings. The monoisotopic (exact) mass is 650 g/mol. The van der Waals surface area contributed by atoms with Crippen molar-refractivity contribution in [2.75, 3.05) is 13.1 Å². The number of aromatic nitrogens is 2. The van der Waals surface area contributed by atoms with Crippen LogP contribution in [0.3, 0.4) is 0 Å².